The number of amides is 9. The van der Waals surface area contributed by atoms with Gasteiger partial charge in [0.15, 0.2) is 47.0 Å². The molecule has 9 rings (SSSR count). The van der Waals surface area contributed by atoms with Crippen molar-refractivity contribution in [3.05, 3.63) is 130 Å². The highest BCUT2D eigenvalue weighted by molar-refractivity contribution is 6.08. The molecular weight excluding hydrogens is 1830 g/mol. The van der Waals surface area contributed by atoms with Gasteiger partial charge in [-0.3, -0.25) is 57.6 Å². The Bertz CT molecular complexity index is 4860. The summed E-state index contributed by atoms with van der Waals surface area (Å²) in [6.07, 6.45) is 0.517. The Morgan fingerprint density at radius 1 is 0.433 bits per heavy atom. The highest BCUT2D eigenvalue weighted by Crippen LogP contribution is 2.45. The fraction of sp³-hybridized carbons (Fsp3) is 0.598. The minimum absolute atomic E-state index is 0.00694. The van der Waals surface area contributed by atoms with Gasteiger partial charge in [0.2, 0.25) is 29.5 Å². The maximum atomic E-state index is 14.5. The Morgan fingerprint density at radius 2 is 0.794 bits per heavy atom. The summed E-state index contributed by atoms with van der Waals surface area (Å²) in [5.74, 6) is -4.76. The van der Waals surface area contributed by atoms with Gasteiger partial charge in [-0.05, 0) is 106 Å². The monoisotopic (exact) mass is 1970 g/mol. The number of rotatable bonds is 66. The van der Waals surface area contributed by atoms with E-state index in [1.54, 1.807) is 88.8 Å². The van der Waals surface area contributed by atoms with Crippen LogP contribution in [0.25, 0.3) is 0 Å². The quantitative estimate of drug-likeness (QED) is 0.0204. The van der Waals surface area contributed by atoms with Gasteiger partial charge >= 0.3 is 12.2 Å². The van der Waals surface area contributed by atoms with Crippen molar-refractivity contribution in [1.82, 2.24) is 30.7 Å². The van der Waals surface area contributed by atoms with Gasteiger partial charge in [-0.1, -0.05) is 94.3 Å². The van der Waals surface area contributed by atoms with Gasteiger partial charge < -0.3 is 112 Å². The molecule has 5 N–H and O–H groups in total. The van der Waals surface area contributed by atoms with E-state index in [0.29, 0.717) is 147 Å². The Hall–Kier alpha value is -11.2. The number of benzene rings is 4. The summed E-state index contributed by atoms with van der Waals surface area (Å²) in [5.41, 5.74) is 4.01. The highest BCUT2D eigenvalue weighted by atomic mass is 16.6. The number of fused-ring (bicyclic) bond motifs is 4. The van der Waals surface area contributed by atoms with Crippen LogP contribution in [-0.2, 0) is 126 Å². The van der Waals surface area contributed by atoms with E-state index in [1.807, 2.05) is 41.5 Å². The fourth-order valence-electron chi connectivity index (χ4n) is 16.3. The third-order valence-corrected chi connectivity index (χ3v) is 24.5. The smallest absolute Gasteiger partial charge is 0.416 e. The maximum Gasteiger partial charge on any atom is 0.416 e. The van der Waals surface area contributed by atoms with E-state index >= 15 is 0 Å². The van der Waals surface area contributed by atoms with E-state index in [2.05, 4.69) is 16.0 Å². The van der Waals surface area contributed by atoms with Crippen molar-refractivity contribution in [3.8, 4) is 23.0 Å². The number of ether oxygens (including phenoxy) is 16. The molecule has 5 aliphatic rings. The van der Waals surface area contributed by atoms with E-state index < -0.39 is 84.3 Å². The minimum atomic E-state index is -1.59. The average molecular weight is 1980 g/mol. The van der Waals surface area contributed by atoms with Gasteiger partial charge in [-0.2, -0.15) is 0 Å². The zero-order chi connectivity index (χ0) is 102. The van der Waals surface area contributed by atoms with Gasteiger partial charge in [0.25, 0.3) is 11.8 Å². The second kappa shape index (κ2) is 59.0. The number of unbranched alkanes of at least 4 members (excludes halogenated alkanes) is 2. The molecule has 776 valence electrons. The summed E-state index contributed by atoms with van der Waals surface area (Å²) in [7, 11) is 4.37. The van der Waals surface area contributed by atoms with E-state index in [9.17, 15) is 72.5 Å². The van der Waals surface area contributed by atoms with Gasteiger partial charge in [0.1, 0.15) is 24.8 Å². The first kappa shape index (κ1) is 113. The molecule has 1 unspecified atom stereocenters. The molecule has 39 nitrogen and oxygen atoms in total. The largest absolute Gasteiger partial charge is 0.493 e. The fourth-order valence-corrected chi connectivity index (χ4v) is 16.3. The van der Waals surface area contributed by atoms with Crippen LogP contribution in [0.1, 0.15) is 176 Å². The lowest BCUT2D eigenvalue weighted by Gasteiger charge is -2.31. The molecule has 5 heterocycles. The van der Waals surface area contributed by atoms with Crippen molar-refractivity contribution in [1.29, 1.82) is 0 Å². The Balaban J connectivity index is 0.653. The van der Waals surface area contributed by atoms with Crippen LogP contribution >= 0.6 is 0 Å². The lowest BCUT2D eigenvalue weighted by molar-refractivity contribution is -0.139. The van der Waals surface area contributed by atoms with Gasteiger partial charge in [-0.15, -0.1) is 0 Å². The molecule has 0 spiro atoms. The number of carbonyl (C=O) groups is 13. The highest BCUT2D eigenvalue weighted by Gasteiger charge is 2.48. The third kappa shape index (κ3) is 35.1. The second-order valence-corrected chi connectivity index (χ2v) is 36.1. The van der Waals surface area contributed by atoms with Crippen molar-refractivity contribution in [2.45, 2.75) is 196 Å². The van der Waals surface area contributed by atoms with E-state index in [1.165, 1.54) is 48.3 Å². The summed E-state index contributed by atoms with van der Waals surface area (Å²) < 4.78 is 90.6. The van der Waals surface area contributed by atoms with Crippen molar-refractivity contribution in [2.75, 3.05) is 183 Å². The van der Waals surface area contributed by atoms with Crippen LogP contribution in [-0.4, -0.2) is 311 Å². The van der Waals surface area contributed by atoms with Crippen LogP contribution in [0.3, 0.4) is 0 Å². The van der Waals surface area contributed by atoms with Crippen LogP contribution in [0.2, 0.25) is 0 Å². The van der Waals surface area contributed by atoms with Gasteiger partial charge in [0.05, 0.1) is 200 Å². The van der Waals surface area contributed by atoms with Crippen LogP contribution < -0.4 is 44.7 Å². The molecule has 1 saturated heterocycles. The van der Waals surface area contributed by atoms with Crippen LogP contribution in [0.4, 0.5) is 21.0 Å². The molecule has 39 heteroatoms. The predicted molar refractivity (Wildman–Crippen MR) is 513 cm³/mol. The normalized spacial score (nSPS) is 17.5. The number of ketones is 4. The van der Waals surface area contributed by atoms with Crippen molar-refractivity contribution >= 4 is 88.0 Å². The number of imide groups is 1. The topological polar surface area (TPSA) is 462 Å². The van der Waals surface area contributed by atoms with Gasteiger partial charge in [0, 0.05) is 114 Å². The molecule has 9 amide bonds. The van der Waals surface area contributed by atoms with E-state index in [0.717, 1.165) is 25.8 Å². The number of carbonyl (C=O) groups excluding carboxylic acids is 13. The Labute approximate surface area is 824 Å². The maximum absolute atomic E-state index is 14.5. The molecule has 0 aliphatic carbocycles. The number of methoxy groups -OCH3 is 3. The lowest BCUT2D eigenvalue weighted by Crippen LogP contribution is -2.50. The summed E-state index contributed by atoms with van der Waals surface area (Å²) >= 11 is 0. The van der Waals surface area contributed by atoms with Crippen LogP contribution in [0, 0.1) is 29.6 Å². The molecule has 9 atom stereocenters. The zero-order valence-corrected chi connectivity index (χ0v) is 83.3. The summed E-state index contributed by atoms with van der Waals surface area (Å²) in [6.45, 7) is 22.4. The first-order valence-electron chi connectivity index (χ1n) is 48.4. The van der Waals surface area contributed by atoms with Crippen molar-refractivity contribution in [3.63, 3.8) is 0 Å². The molecular formula is C102H142N8O31. The SMILES string of the molecule is COCCOCCC(=O)C[C@H](C(=O)N[C@@H](C)C(=O)Cc1ccc(COC(=O)N2c3cc(OCCCCCOc4cc5c(cc4OC)C(=O)N4C=C(C)C[C@H]4[C@H](O)N5C(=O)OCc4ccc(CC(=O)[C@H](C)NC(=O)[C@@H](CC(=O)CCOCCOCCOCCOCCOCCOCCOCCOCCNC(=O)CCN5C(=O)CC(C)C5=O)C(C)C)cc4)c(OC)cc3C(=O)N3C=C(C)C[C@H]3[C@@H]2O)cc1)C(C)C. The van der Waals surface area contributed by atoms with Crippen LogP contribution in [0.15, 0.2) is 96.3 Å². The molecule has 0 radical (unpaired) electrons. The number of anilines is 2. The molecule has 0 bridgehead atoms. The number of Topliss-reactive ketones (excluding diaryl/α,β-unsaturated/α-hetero) is 4. The third-order valence-electron chi connectivity index (χ3n) is 24.5. The standard InChI is InChI=1S/C102H142N8O31/c1-65(2)78(55-76(111)25-31-129-35-34-126-10)94(117)104-70(8)86(113)53-72-16-20-74(21-17-72)63-140-101(124)109-82-59-90(88(127-11)57-80(82)97(120)107-61-67(5)50-84(107)99(109)122)138-29-14-13-15-30-139-91-60-83-81(58-89(91)128-12)98(121)108-62-68(6)51-85(108)100(123)110(83)102(125)141-64-75-22-18-73(19-23-75)54-87(114)71(9)105-95(118)79(66(3)4)56-77(112)26-32-130-36-38-132-40-42-134-44-46-136-48-49-137-47-45-135-43-41-133-39-37-131-33-27-103-92(115)24-28-106-93(116)52-69(7)96(106)119/h16-23,57-62,65-66,69-71,78-79,84-85,99-100,122-123H,13-15,24-56,63-64H2,1-12H3,(H,103,115)(H,104,117)(H,105,118)/t69?,70-,71-,78-,79-,84-,85-,99-,100-/m0/s1. The molecule has 0 saturated carbocycles. The molecule has 4 aromatic carbocycles. The molecule has 5 aliphatic heterocycles. The number of aliphatic hydroxyl groups is 2. The first-order valence-corrected chi connectivity index (χ1v) is 48.4. The summed E-state index contributed by atoms with van der Waals surface area (Å²) in [6, 6.07) is 15.9. The predicted octanol–water partition coefficient (Wildman–Crippen LogP) is 8.69. The minimum Gasteiger partial charge on any atom is -0.493 e. The van der Waals surface area contributed by atoms with E-state index in [-0.39, 0.29) is 228 Å². The number of likely N-dealkylation sites (tertiary alicyclic amines) is 1. The Morgan fingerprint density at radius 3 is 1.15 bits per heavy atom. The zero-order valence-electron chi connectivity index (χ0n) is 83.3. The first-order chi connectivity index (χ1) is 67.8. The number of nitrogens with zero attached hydrogens (tertiary/aromatic N) is 5. The Kier molecular flexibility index (Phi) is 47.5. The lowest BCUT2D eigenvalue weighted by atomic mass is 9.88. The summed E-state index contributed by atoms with van der Waals surface area (Å²) in [4.78, 5) is 180. The van der Waals surface area contributed by atoms with E-state index in [4.69, 9.17) is 75.8 Å². The molecule has 1 fully saturated rings. The number of aliphatic hydroxyl groups excluding tert-OH is 2. The molecule has 141 heavy (non-hydrogen) atoms. The average Bonchev–Trinajstić information content (AvgIpc) is 1.60. The van der Waals surface area contributed by atoms with Crippen LogP contribution in [0.5, 0.6) is 23.0 Å². The van der Waals surface area contributed by atoms with Gasteiger partial charge in [-0.25, -0.2) is 19.4 Å². The summed E-state index contributed by atoms with van der Waals surface area (Å²) in [5, 5.41) is 32.5. The number of hydrogen-bond donors (Lipinski definition) is 5. The van der Waals surface area contributed by atoms with Crippen molar-refractivity contribution < 1.29 is 148 Å². The molecule has 0 aromatic heterocycles. The molecule has 4 aromatic rings. The van der Waals surface area contributed by atoms with Crippen molar-refractivity contribution in [2.24, 2.45) is 29.6 Å². The second-order valence-electron chi connectivity index (χ2n) is 36.1. The number of hydrogen-bond acceptors (Lipinski definition) is 31. The number of nitrogens with one attached hydrogen (secondary N) is 3.